The Morgan fingerprint density at radius 1 is 0.958 bits per heavy atom. The lowest BCUT2D eigenvalue weighted by Gasteiger charge is -2.30. The first-order chi connectivity index (χ1) is 11.5. The van der Waals surface area contributed by atoms with Gasteiger partial charge in [-0.25, -0.2) is 8.42 Å². The molecule has 2 heterocycles. The van der Waals surface area contributed by atoms with Crippen LogP contribution in [0.2, 0.25) is 0 Å². The van der Waals surface area contributed by atoms with Gasteiger partial charge in [-0.1, -0.05) is 19.3 Å². The lowest BCUT2D eigenvalue weighted by molar-refractivity contribution is -0.116. The zero-order chi connectivity index (χ0) is 17.2. The van der Waals surface area contributed by atoms with Crippen molar-refractivity contribution in [2.75, 3.05) is 24.5 Å². The Kier molecular flexibility index (Phi) is 5.25. The van der Waals surface area contributed by atoms with Crippen LogP contribution in [0.5, 0.6) is 0 Å². The van der Waals surface area contributed by atoms with E-state index in [1.54, 1.807) is 34.3 Å². The van der Waals surface area contributed by atoms with Crippen molar-refractivity contribution in [2.45, 2.75) is 56.8 Å². The summed E-state index contributed by atoms with van der Waals surface area (Å²) in [6.07, 6.45) is 6.97. The number of carbonyl (C=O) groups is 1. The van der Waals surface area contributed by atoms with Crippen LogP contribution >= 0.6 is 0 Å². The SMILES string of the molecule is CC(=O)N1CCCc2cc(S(=O)(=O)N3CCCCCCC3)ccc21. The van der Waals surface area contributed by atoms with Gasteiger partial charge < -0.3 is 4.90 Å². The second-order valence-corrected chi connectivity index (χ2v) is 8.67. The Morgan fingerprint density at radius 2 is 1.62 bits per heavy atom. The molecule has 5 nitrogen and oxygen atoms in total. The highest BCUT2D eigenvalue weighted by Gasteiger charge is 2.27. The van der Waals surface area contributed by atoms with Gasteiger partial charge in [0, 0.05) is 32.2 Å². The second-order valence-electron chi connectivity index (χ2n) is 6.74. The highest BCUT2D eigenvalue weighted by Crippen LogP contribution is 2.31. The predicted molar refractivity (Wildman–Crippen MR) is 94.6 cm³/mol. The monoisotopic (exact) mass is 350 g/mol. The largest absolute Gasteiger partial charge is 0.312 e. The molecule has 0 radical (unpaired) electrons. The summed E-state index contributed by atoms with van der Waals surface area (Å²) in [5.41, 5.74) is 1.82. The van der Waals surface area contributed by atoms with Gasteiger partial charge in [0.2, 0.25) is 15.9 Å². The second kappa shape index (κ2) is 7.23. The van der Waals surface area contributed by atoms with E-state index in [2.05, 4.69) is 0 Å². The van der Waals surface area contributed by atoms with Crippen LogP contribution in [0.1, 0.15) is 51.0 Å². The number of nitrogens with zero attached hydrogens (tertiary/aromatic N) is 2. The van der Waals surface area contributed by atoms with Gasteiger partial charge in [0.1, 0.15) is 0 Å². The first kappa shape index (κ1) is 17.4. The number of aryl methyl sites for hydroxylation is 1. The lowest BCUT2D eigenvalue weighted by Crippen LogP contribution is -2.35. The highest BCUT2D eigenvalue weighted by molar-refractivity contribution is 7.89. The van der Waals surface area contributed by atoms with Gasteiger partial charge in [-0.2, -0.15) is 4.31 Å². The predicted octanol–water partition coefficient (Wildman–Crippen LogP) is 2.94. The van der Waals surface area contributed by atoms with Crippen LogP contribution in [0.25, 0.3) is 0 Å². The average molecular weight is 350 g/mol. The topological polar surface area (TPSA) is 57.7 Å². The summed E-state index contributed by atoms with van der Waals surface area (Å²) in [4.78, 5) is 13.9. The maximum Gasteiger partial charge on any atom is 0.243 e. The van der Waals surface area contributed by atoms with E-state index in [9.17, 15) is 13.2 Å². The van der Waals surface area contributed by atoms with Gasteiger partial charge in [0.05, 0.1) is 4.90 Å². The van der Waals surface area contributed by atoms with Crippen molar-refractivity contribution >= 4 is 21.6 Å². The van der Waals surface area contributed by atoms with Gasteiger partial charge in [0.25, 0.3) is 0 Å². The molecule has 0 saturated carbocycles. The summed E-state index contributed by atoms with van der Waals surface area (Å²) in [5, 5.41) is 0. The van der Waals surface area contributed by atoms with E-state index in [0.29, 0.717) is 24.5 Å². The molecule has 3 rings (SSSR count). The van der Waals surface area contributed by atoms with Crippen LogP contribution in [0.4, 0.5) is 5.69 Å². The van der Waals surface area contributed by atoms with Crippen molar-refractivity contribution in [1.82, 2.24) is 4.31 Å². The van der Waals surface area contributed by atoms with Crippen molar-refractivity contribution in [1.29, 1.82) is 0 Å². The van der Waals surface area contributed by atoms with Crippen LogP contribution in [-0.2, 0) is 21.2 Å². The Hall–Kier alpha value is -1.40. The van der Waals surface area contributed by atoms with E-state index in [4.69, 9.17) is 0 Å². The van der Waals surface area contributed by atoms with E-state index in [1.807, 2.05) is 0 Å². The first-order valence-corrected chi connectivity index (χ1v) is 10.4. The molecule has 1 saturated heterocycles. The zero-order valence-electron chi connectivity index (χ0n) is 14.3. The fourth-order valence-electron chi connectivity index (χ4n) is 3.67. The van der Waals surface area contributed by atoms with Crippen LogP contribution in [0.15, 0.2) is 23.1 Å². The summed E-state index contributed by atoms with van der Waals surface area (Å²) < 4.78 is 27.6. The molecule has 0 bridgehead atoms. The first-order valence-electron chi connectivity index (χ1n) is 8.91. The van der Waals surface area contributed by atoms with Crippen molar-refractivity contribution in [3.8, 4) is 0 Å². The third-order valence-corrected chi connectivity index (χ3v) is 6.90. The van der Waals surface area contributed by atoms with Crippen LogP contribution in [-0.4, -0.2) is 38.3 Å². The van der Waals surface area contributed by atoms with Gasteiger partial charge in [0.15, 0.2) is 0 Å². The maximum absolute atomic E-state index is 13.0. The minimum Gasteiger partial charge on any atom is -0.312 e. The molecule has 1 amide bonds. The van der Waals surface area contributed by atoms with Gasteiger partial charge >= 0.3 is 0 Å². The smallest absolute Gasteiger partial charge is 0.243 e. The van der Waals surface area contributed by atoms with E-state index in [-0.39, 0.29) is 5.91 Å². The van der Waals surface area contributed by atoms with Crippen LogP contribution in [0, 0.1) is 0 Å². The van der Waals surface area contributed by atoms with Crippen molar-refractivity contribution < 1.29 is 13.2 Å². The Bertz CT molecular complexity index is 707. The summed E-state index contributed by atoms with van der Waals surface area (Å²) in [6, 6.07) is 5.24. The van der Waals surface area contributed by atoms with E-state index in [1.165, 1.54) is 6.42 Å². The summed E-state index contributed by atoms with van der Waals surface area (Å²) in [5.74, 6) is 0.00956. The molecule has 1 fully saturated rings. The molecule has 6 heteroatoms. The van der Waals surface area contributed by atoms with Crippen molar-refractivity contribution in [3.05, 3.63) is 23.8 Å². The summed E-state index contributed by atoms with van der Waals surface area (Å²) >= 11 is 0. The molecule has 0 atom stereocenters. The number of carbonyl (C=O) groups excluding carboxylic acids is 1. The summed E-state index contributed by atoms with van der Waals surface area (Å²) in [7, 11) is -3.44. The fraction of sp³-hybridized carbons (Fsp3) is 0.611. The van der Waals surface area contributed by atoms with E-state index in [0.717, 1.165) is 49.8 Å². The van der Waals surface area contributed by atoms with Crippen LogP contribution in [0.3, 0.4) is 0 Å². The molecule has 24 heavy (non-hydrogen) atoms. The van der Waals surface area contributed by atoms with Crippen molar-refractivity contribution in [3.63, 3.8) is 0 Å². The van der Waals surface area contributed by atoms with Gasteiger partial charge in [-0.05, 0) is 49.4 Å². The third-order valence-electron chi connectivity index (χ3n) is 5.00. The quantitative estimate of drug-likeness (QED) is 0.824. The fourth-order valence-corrected chi connectivity index (χ4v) is 5.24. The molecule has 1 aromatic rings. The number of anilines is 1. The minimum atomic E-state index is -3.44. The average Bonchev–Trinajstić information content (AvgIpc) is 2.52. The Labute approximate surface area is 144 Å². The molecule has 2 aliphatic heterocycles. The Balaban J connectivity index is 1.90. The molecule has 0 N–H and O–H groups in total. The summed E-state index contributed by atoms with van der Waals surface area (Å²) in [6.45, 7) is 3.48. The number of rotatable bonds is 2. The number of amides is 1. The molecular formula is C18H26N2O3S. The number of benzene rings is 1. The molecule has 0 unspecified atom stereocenters. The molecule has 0 aromatic heterocycles. The number of fused-ring (bicyclic) bond motifs is 1. The maximum atomic E-state index is 13.0. The standard InChI is InChI=1S/C18H26N2O3S/c1-15(21)20-13-7-8-16-14-17(9-10-18(16)20)24(22,23)19-11-5-3-2-4-6-12-19/h9-10,14H,2-8,11-13H2,1H3. The minimum absolute atomic E-state index is 0.00956. The normalized spacial score (nSPS) is 20.1. The van der Waals surface area contributed by atoms with Gasteiger partial charge in [-0.3, -0.25) is 4.79 Å². The number of hydrogen-bond donors (Lipinski definition) is 0. The van der Waals surface area contributed by atoms with Crippen molar-refractivity contribution in [2.24, 2.45) is 0 Å². The molecule has 132 valence electrons. The van der Waals surface area contributed by atoms with E-state index < -0.39 is 10.0 Å². The van der Waals surface area contributed by atoms with Crippen LogP contribution < -0.4 is 4.90 Å². The van der Waals surface area contributed by atoms with Gasteiger partial charge in [-0.15, -0.1) is 0 Å². The Morgan fingerprint density at radius 3 is 2.29 bits per heavy atom. The zero-order valence-corrected chi connectivity index (χ0v) is 15.1. The molecule has 0 spiro atoms. The number of sulfonamides is 1. The molecule has 2 aliphatic rings. The highest BCUT2D eigenvalue weighted by atomic mass is 32.2. The lowest BCUT2D eigenvalue weighted by atomic mass is 10.0. The third kappa shape index (κ3) is 3.49. The van der Waals surface area contributed by atoms with E-state index >= 15 is 0 Å². The molecule has 1 aromatic carbocycles. The molecule has 0 aliphatic carbocycles. The molecular weight excluding hydrogens is 324 g/mol. The number of hydrogen-bond acceptors (Lipinski definition) is 3.